The van der Waals surface area contributed by atoms with Crippen molar-refractivity contribution in [1.82, 2.24) is 4.98 Å². The molecule has 2 N–H and O–H groups in total. The highest BCUT2D eigenvalue weighted by Crippen LogP contribution is 2.21. The van der Waals surface area contributed by atoms with Crippen LogP contribution in [0.25, 0.3) is 0 Å². The Morgan fingerprint density at radius 3 is 2.71 bits per heavy atom. The second-order valence-corrected chi connectivity index (χ2v) is 4.45. The molecule has 1 unspecified atom stereocenters. The summed E-state index contributed by atoms with van der Waals surface area (Å²) in [4.78, 5) is 4.33. The Morgan fingerprint density at radius 2 is 2.06 bits per heavy atom. The molecular formula is C14H15ClN2. The Bertz CT molecular complexity index is 471. The molecule has 1 heterocycles. The van der Waals surface area contributed by atoms with Crippen LogP contribution in [0.1, 0.15) is 17.2 Å². The van der Waals surface area contributed by atoms with Gasteiger partial charge in [0.2, 0.25) is 0 Å². The van der Waals surface area contributed by atoms with Crippen LogP contribution in [-0.2, 0) is 6.42 Å². The lowest BCUT2D eigenvalue weighted by Crippen LogP contribution is -2.15. The molecule has 0 fully saturated rings. The third-order valence-electron chi connectivity index (χ3n) is 2.79. The summed E-state index contributed by atoms with van der Waals surface area (Å²) in [5.41, 5.74) is 8.06. The Balaban J connectivity index is 2.17. The van der Waals surface area contributed by atoms with E-state index in [0.717, 1.165) is 17.1 Å². The van der Waals surface area contributed by atoms with Gasteiger partial charge in [-0.3, -0.25) is 4.98 Å². The minimum atomic E-state index is 0.267. The van der Waals surface area contributed by atoms with E-state index in [2.05, 4.69) is 11.1 Å². The first-order valence-corrected chi connectivity index (χ1v) is 6.03. The molecule has 3 heteroatoms. The van der Waals surface area contributed by atoms with E-state index in [-0.39, 0.29) is 5.92 Å². The maximum absolute atomic E-state index is 5.99. The number of pyridine rings is 1. The van der Waals surface area contributed by atoms with Gasteiger partial charge in [0.1, 0.15) is 0 Å². The van der Waals surface area contributed by atoms with E-state index in [1.807, 2.05) is 36.4 Å². The van der Waals surface area contributed by atoms with Gasteiger partial charge in [0.05, 0.1) is 0 Å². The van der Waals surface area contributed by atoms with Gasteiger partial charge in [0.15, 0.2) is 0 Å². The molecule has 0 aliphatic carbocycles. The van der Waals surface area contributed by atoms with E-state index in [0.29, 0.717) is 6.54 Å². The zero-order valence-electron chi connectivity index (χ0n) is 9.51. The molecule has 2 rings (SSSR count). The summed E-state index contributed by atoms with van der Waals surface area (Å²) < 4.78 is 0. The summed E-state index contributed by atoms with van der Waals surface area (Å²) in [6.07, 6.45) is 2.65. The smallest absolute Gasteiger partial charge is 0.0410 e. The van der Waals surface area contributed by atoms with E-state index in [4.69, 9.17) is 17.3 Å². The fraction of sp³-hybridized carbons (Fsp3) is 0.214. The summed E-state index contributed by atoms with van der Waals surface area (Å²) in [6.45, 7) is 0.594. The lowest BCUT2D eigenvalue weighted by molar-refractivity contribution is 0.682. The van der Waals surface area contributed by atoms with Gasteiger partial charge in [-0.25, -0.2) is 0 Å². The summed E-state index contributed by atoms with van der Waals surface area (Å²) in [7, 11) is 0. The number of nitrogens with two attached hydrogens (primary N) is 1. The van der Waals surface area contributed by atoms with Gasteiger partial charge in [0, 0.05) is 22.8 Å². The Labute approximate surface area is 106 Å². The number of nitrogens with zero attached hydrogens (tertiary/aromatic N) is 1. The van der Waals surface area contributed by atoms with Crippen molar-refractivity contribution in [2.45, 2.75) is 12.3 Å². The number of hydrogen-bond acceptors (Lipinski definition) is 2. The third kappa shape index (κ3) is 3.29. The molecule has 0 spiro atoms. The number of benzene rings is 1. The fourth-order valence-electron chi connectivity index (χ4n) is 1.87. The van der Waals surface area contributed by atoms with Gasteiger partial charge in [-0.15, -0.1) is 0 Å². The average Bonchev–Trinajstić information content (AvgIpc) is 2.37. The molecule has 0 bridgehead atoms. The van der Waals surface area contributed by atoms with Crippen molar-refractivity contribution in [3.05, 3.63) is 64.9 Å². The van der Waals surface area contributed by atoms with Gasteiger partial charge in [-0.2, -0.15) is 0 Å². The summed E-state index contributed by atoms with van der Waals surface area (Å²) in [6, 6.07) is 13.8. The number of rotatable bonds is 4. The van der Waals surface area contributed by atoms with Crippen LogP contribution >= 0.6 is 11.6 Å². The molecular weight excluding hydrogens is 232 g/mol. The second kappa shape index (κ2) is 5.80. The van der Waals surface area contributed by atoms with Crippen LogP contribution in [0.5, 0.6) is 0 Å². The van der Waals surface area contributed by atoms with Gasteiger partial charge in [-0.1, -0.05) is 29.8 Å². The average molecular weight is 247 g/mol. The van der Waals surface area contributed by atoms with Crippen molar-refractivity contribution < 1.29 is 0 Å². The highest BCUT2D eigenvalue weighted by Gasteiger charge is 2.11. The topological polar surface area (TPSA) is 38.9 Å². The molecule has 0 aliphatic heterocycles. The van der Waals surface area contributed by atoms with E-state index in [9.17, 15) is 0 Å². The lowest BCUT2D eigenvalue weighted by Gasteiger charge is -2.14. The van der Waals surface area contributed by atoms with Crippen LogP contribution in [0.3, 0.4) is 0 Å². The second-order valence-electron chi connectivity index (χ2n) is 4.01. The third-order valence-corrected chi connectivity index (χ3v) is 3.02. The van der Waals surface area contributed by atoms with Crippen LogP contribution in [0.15, 0.2) is 48.7 Å². The van der Waals surface area contributed by atoms with Crippen molar-refractivity contribution in [3.63, 3.8) is 0 Å². The molecule has 2 nitrogen and oxygen atoms in total. The van der Waals surface area contributed by atoms with Crippen LogP contribution in [0.4, 0.5) is 0 Å². The van der Waals surface area contributed by atoms with Crippen molar-refractivity contribution >= 4 is 11.6 Å². The van der Waals surface area contributed by atoms with Crippen LogP contribution < -0.4 is 5.73 Å². The first-order valence-electron chi connectivity index (χ1n) is 5.65. The Kier molecular flexibility index (Phi) is 4.13. The van der Waals surface area contributed by atoms with Gasteiger partial charge >= 0.3 is 0 Å². The fourth-order valence-corrected chi connectivity index (χ4v) is 2.07. The number of aromatic nitrogens is 1. The first-order chi connectivity index (χ1) is 8.29. The van der Waals surface area contributed by atoms with Crippen LogP contribution in [0.2, 0.25) is 5.02 Å². The van der Waals surface area contributed by atoms with E-state index >= 15 is 0 Å². The summed E-state index contributed by atoms with van der Waals surface area (Å²) in [5.74, 6) is 0.267. The van der Waals surface area contributed by atoms with E-state index < -0.39 is 0 Å². The normalized spacial score (nSPS) is 12.4. The maximum atomic E-state index is 5.99. The van der Waals surface area contributed by atoms with Crippen molar-refractivity contribution in [2.75, 3.05) is 6.54 Å². The Morgan fingerprint density at radius 1 is 1.18 bits per heavy atom. The monoisotopic (exact) mass is 246 g/mol. The van der Waals surface area contributed by atoms with Gasteiger partial charge in [-0.05, 0) is 42.8 Å². The van der Waals surface area contributed by atoms with E-state index in [1.54, 1.807) is 6.20 Å². The molecule has 1 aromatic carbocycles. The molecule has 0 aliphatic rings. The molecule has 0 saturated carbocycles. The molecule has 0 saturated heterocycles. The lowest BCUT2D eigenvalue weighted by atomic mass is 9.94. The van der Waals surface area contributed by atoms with Crippen molar-refractivity contribution in [1.29, 1.82) is 0 Å². The highest BCUT2D eigenvalue weighted by molar-refractivity contribution is 6.30. The number of halogens is 1. The molecule has 1 aromatic heterocycles. The molecule has 0 radical (unpaired) electrons. The first kappa shape index (κ1) is 12.1. The molecule has 88 valence electrons. The van der Waals surface area contributed by atoms with Crippen LogP contribution in [0, 0.1) is 0 Å². The minimum absolute atomic E-state index is 0.267. The standard InChI is InChI=1S/C14H15ClN2/c15-13-5-3-4-11(8-13)12(10-16)9-14-6-1-2-7-17-14/h1-8,12H,9-10,16H2. The number of hydrogen-bond donors (Lipinski definition) is 1. The van der Waals surface area contributed by atoms with Crippen molar-refractivity contribution in [3.8, 4) is 0 Å². The largest absolute Gasteiger partial charge is 0.330 e. The molecule has 2 aromatic rings. The van der Waals surface area contributed by atoms with Crippen molar-refractivity contribution in [2.24, 2.45) is 5.73 Å². The SMILES string of the molecule is NCC(Cc1ccccn1)c1cccc(Cl)c1. The highest BCUT2D eigenvalue weighted by atomic mass is 35.5. The van der Waals surface area contributed by atoms with Gasteiger partial charge < -0.3 is 5.73 Å². The minimum Gasteiger partial charge on any atom is -0.330 e. The zero-order chi connectivity index (χ0) is 12.1. The zero-order valence-corrected chi connectivity index (χ0v) is 10.3. The molecule has 1 atom stereocenters. The van der Waals surface area contributed by atoms with E-state index in [1.165, 1.54) is 5.56 Å². The summed E-state index contributed by atoms with van der Waals surface area (Å²) >= 11 is 5.99. The predicted octanol–water partition coefficient (Wildman–Crippen LogP) is 3.02. The molecule has 17 heavy (non-hydrogen) atoms. The summed E-state index contributed by atoms with van der Waals surface area (Å²) in [5, 5.41) is 0.752. The molecule has 0 amide bonds. The predicted molar refractivity (Wildman–Crippen MR) is 71.2 cm³/mol. The van der Waals surface area contributed by atoms with Gasteiger partial charge in [0.25, 0.3) is 0 Å². The quantitative estimate of drug-likeness (QED) is 0.901. The maximum Gasteiger partial charge on any atom is 0.0410 e. The Hall–Kier alpha value is -1.38. The van der Waals surface area contributed by atoms with Crippen LogP contribution in [-0.4, -0.2) is 11.5 Å².